The zero-order valence-corrected chi connectivity index (χ0v) is 13.7. The largest absolute Gasteiger partial charge is 0.481 e. The van der Waals surface area contributed by atoms with Crippen LogP contribution in [0.4, 0.5) is 5.69 Å². The summed E-state index contributed by atoms with van der Waals surface area (Å²) in [5.74, 6) is -1.85. The molecule has 0 radical (unpaired) electrons. The minimum Gasteiger partial charge on any atom is -0.481 e. The van der Waals surface area contributed by atoms with E-state index in [-0.39, 0.29) is 11.6 Å². The van der Waals surface area contributed by atoms with Gasteiger partial charge in [-0.2, -0.15) is 0 Å². The Kier molecular flexibility index (Phi) is 5.89. The number of carboxylic acids is 1. The van der Waals surface area contributed by atoms with Crippen LogP contribution in [0, 0.1) is 23.0 Å². The van der Waals surface area contributed by atoms with E-state index in [1.54, 1.807) is 6.92 Å². The first-order valence-corrected chi connectivity index (χ1v) is 8.19. The van der Waals surface area contributed by atoms with Gasteiger partial charge in [0.2, 0.25) is 0 Å². The second-order valence-electron chi connectivity index (χ2n) is 6.27. The van der Waals surface area contributed by atoms with Gasteiger partial charge in [-0.25, -0.2) is 0 Å². The lowest BCUT2D eigenvalue weighted by Crippen LogP contribution is -2.44. The van der Waals surface area contributed by atoms with Gasteiger partial charge in [-0.1, -0.05) is 25.7 Å². The maximum atomic E-state index is 12.5. The molecule has 1 aliphatic rings. The number of non-ortho nitro benzene ring substituents is 1. The lowest BCUT2D eigenvalue weighted by atomic mass is 9.86. The standard InChI is InChI=1S/C17H22N2O5/c1-11-10-12(19(23)24)8-9-13(11)16(20)18-15-7-5-3-2-4-6-14(15)17(21)22/h8-10,14-15H,2-7H2,1H3,(H,18,20)(H,21,22). The highest BCUT2D eigenvalue weighted by Gasteiger charge is 2.30. The molecule has 7 heteroatoms. The Labute approximate surface area is 140 Å². The first kappa shape index (κ1) is 17.9. The Morgan fingerprint density at radius 2 is 1.88 bits per heavy atom. The molecule has 130 valence electrons. The predicted octanol–water partition coefficient (Wildman–Crippen LogP) is 3.06. The molecule has 24 heavy (non-hydrogen) atoms. The Hall–Kier alpha value is -2.44. The van der Waals surface area contributed by atoms with Crippen LogP contribution in [0.3, 0.4) is 0 Å². The van der Waals surface area contributed by atoms with Crippen LogP contribution in [0.25, 0.3) is 0 Å². The molecule has 2 N–H and O–H groups in total. The molecule has 2 atom stereocenters. The minimum atomic E-state index is -0.886. The molecule has 0 bridgehead atoms. The molecule has 0 spiro atoms. The Morgan fingerprint density at radius 3 is 2.46 bits per heavy atom. The quantitative estimate of drug-likeness (QED) is 0.649. The second kappa shape index (κ2) is 7.90. The number of amides is 1. The van der Waals surface area contributed by atoms with Crippen LogP contribution in [0.5, 0.6) is 0 Å². The first-order valence-electron chi connectivity index (χ1n) is 8.19. The van der Waals surface area contributed by atoms with Crippen LogP contribution in [0.15, 0.2) is 18.2 Å². The fourth-order valence-corrected chi connectivity index (χ4v) is 3.22. The number of aryl methyl sites for hydroxylation is 1. The Morgan fingerprint density at radius 1 is 1.21 bits per heavy atom. The molecule has 1 aromatic rings. The summed E-state index contributed by atoms with van der Waals surface area (Å²) in [6, 6.07) is 3.64. The molecule has 7 nitrogen and oxygen atoms in total. The summed E-state index contributed by atoms with van der Waals surface area (Å²) in [6.07, 6.45) is 4.98. The summed E-state index contributed by atoms with van der Waals surface area (Å²) in [4.78, 5) is 34.3. The van der Waals surface area contributed by atoms with Crippen molar-refractivity contribution in [2.75, 3.05) is 0 Å². The van der Waals surface area contributed by atoms with Crippen LogP contribution in [-0.4, -0.2) is 27.9 Å². The molecule has 1 aromatic carbocycles. The number of nitrogens with one attached hydrogen (secondary N) is 1. The van der Waals surface area contributed by atoms with E-state index in [9.17, 15) is 24.8 Å². The lowest BCUT2D eigenvalue weighted by molar-refractivity contribution is -0.384. The number of nitrogens with zero attached hydrogens (tertiary/aromatic N) is 1. The fourth-order valence-electron chi connectivity index (χ4n) is 3.22. The van der Waals surface area contributed by atoms with E-state index in [1.807, 2.05) is 0 Å². The van der Waals surface area contributed by atoms with Crippen molar-refractivity contribution < 1.29 is 19.6 Å². The van der Waals surface area contributed by atoms with Gasteiger partial charge in [0.25, 0.3) is 11.6 Å². The molecule has 0 saturated heterocycles. The highest BCUT2D eigenvalue weighted by molar-refractivity contribution is 5.96. The van der Waals surface area contributed by atoms with Crippen molar-refractivity contribution in [1.29, 1.82) is 0 Å². The van der Waals surface area contributed by atoms with Gasteiger partial charge >= 0.3 is 5.97 Å². The van der Waals surface area contributed by atoms with Gasteiger partial charge in [-0.05, 0) is 31.4 Å². The number of carbonyl (C=O) groups excluding carboxylic acids is 1. The number of benzene rings is 1. The van der Waals surface area contributed by atoms with Crippen LogP contribution >= 0.6 is 0 Å². The molecule has 1 fully saturated rings. The number of nitro groups is 1. The van der Waals surface area contributed by atoms with Gasteiger partial charge in [0.05, 0.1) is 10.8 Å². The van der Waals surface area contributed by atoms with Crippen LogP contribution in [-0.2, 0) is 4.79 Å². The smallest absolute Gasteiger partial charge is 0.308 e. The summed E-state index contributed by atoms with van der Waals surface area (Å²) >= 11 is 0. The molecule has 1 saturated carbocycles. The topological polar surface area (TPSA) is 110 Å². The van der Waals surface area contributed by atoms with Gasteiger partial charge in [-0.3, -0.25) is 19.7 Å². The predicted molar refractivity (Wildman–Crippen MR) is 87.9 cm³/mol. The number of carbonyl (C=O) groups is 2. The molecule has 0 aliphatic heterocycles. The van der Waals surface area contributed by atoms with Gasteiger partial charge in [0.1, 0.15) is 0 Å². The summed E-state index contributed by atoms with van der Waals surface area (Å²) < 4.78 is 0. The normalized spacial score (nSPS) is 21.4. The zero-order valence-electron chi connectivity index (χ0n) is 13.7. The molecule has 0 aromatic heterocycles. The van der Waals surface area contributed by atoms with Crippen LogP contribution in [0.1, 0.15) is 54.4 Å². The summed E-state index contributed by atoms with van der Waals surface area (Å²) in [5, 5.41) is 23.0. The highest BCUT2D eigenvalue weighted by atomic mass is 16.6. The van der Waals surface area contributed by atoms with Crippen molar-refractivity contribution in [3.05, 3.63) is 39.4 Å². The average molecular weight is 334 g/mol. The summed E-state index contributed by atoms with van der Waals surface area (Å²) in [7, 11) is 0. The third-order valence-electron chi connectivity index (χ3n) is 4.57. The van der Waals surface area contributed by atoms with E-state index in [2.05, 4.69) is 5.32 Å². The average Bonchev–Trinajstić information content (AvgIpc) is 2.49. The lowest BCUT2D eigenvalue weighted by Gasteiger charge is -2.27. The molecular formula is C17H22N2O5. The number of carboxylic acid groups (broad SMARTS) is 1. The number of nitro benzene ring substituents is 1. The van der Waals surface area contributed by atoms with Crippen LogP contribution in [0.2, 0.25) is 0 Å². The van der Waals surface area contributed by atoms with Crippen LogP contribution < -0.4 is 5.32 Å². The maximum Gasteiger partial charge on any atom is 0.308 e. The van der Waals surface area contributed by atoms with Crippen molar-refractivity contribution in [3.63, 3.8) is 0 Å². The monoisotopic (exact) mass is 334 g/mol. The van der Waals surface area contributed by atoms with Crippen molar-refractivity contribution >= 4 is 17.6 Å². The Bertz CT molecular complexity index is 644. The zero-order chi connectivity index (χ0) is 17.7. The fraction of sp³-hybridized carbons (Fsp3) is 0.529. The van der Waals surface area contributed by atoms with Crippen molar-refractivity contribution in [1.82, 2.24) is 5.32 Å². The molecule has 1 amide bonds. The first-order chi connectivity index (χ1) is 11.4. The number of rotatable bonds is 4. The van der Waals surface area contributed by atoms with Gasteiger partial charge in [-0.15, -0.1) is 0 Å². The summed E-state index contributed by atoms with van der Waals surface area (Å²) in [5.41, 5.74) is 0.768. The minimum absolute atomic E-state index is 0.0709. The summed E-state index contributed by atoms with van der Waals surface area (Å²) in [6.45, 7) is 1.63. The van der Waals surface area contributed by atoms with E-state index in [4.69, 9.17) is 0 Å². The molecule has 2 unspecified atom stereocenters. The van der Waals surface area contributed by atoms with E-state index in [0.29, 0.717) is 24.0 Å². The molecule has 1 aliphatic carbocycles. The molecular weight excluding hydrogens is 312 g/mol. The van der Waals surface area contributed by atoms with E-state index in [0.717, 1.165) is 25.7 Å². The van der Waals surface area contributed by atoms with E-state index in [1.165, 1.54) is 18.2 Å². The maximum absolute atomic E-state index is 12.5. The van der Waals surface area contributed by atoms with Gasteiger partial charge in [0, 0.05) is 23.7 Å². The van der Waals surface area contributed by atoms with E-state index < -0.39 is 22.9 Å². The van der Waals surface area contributed by atoms with Gasteiger partial charge in [0.15, 0.2) is 0 Å². The van der Waals surface area contributed by atoms with Crippen molar-refractivity contribution in [2.24, 2.45) is 5.92 Å². The number of hydrogen-bond donors (Lipinski definition) is 2. The third-order valence-corrected chi connectivity index (χ3v) is 4.57. The van der Waals surface area contributed by atoms with Crippen molar-refractivity contribution in [2.45, 2.75) is 51.5 Å². The highest BCUT2D eigenvalue weighted by Crippen LogP contribution is 2.24. The Balaban J connectivity index is 2.16. The van der Waals surface area contributed by atoms with E-state index >= 15 is 0 Å². The molecule has 0 heterocycles. The second-order valence-corrected chi connectivity index (χ2v) is 6.27. The van der Waals surface area contributed by atoms with Gasteiger partial charge < -0.3 is 10.4 Å². The third kappa shape index (κ3) is 4.31. The number of aliphatic carboxylic acids is 1. The number of hydrogen-bond acceptors (Lipinski definition) is 4. The molecule has 2 rings (SSSR count). The van der Waals surface area contributed by atoms with Crippen molar-refractivity contribution in [3.8, 4) is 0 Å². The SMILES string of the molecule is Cc1cc([N+](=O)[O-])ccc1C(=O)NC1CCCCCCC1C(=O)O.